The number of nitrogens with zero attached hydrogens (tertiary/aromatic N) is 4. The Morgan fingerprint density at radius 2 is 2.12 bits per heavy atom. The lowest BCUT2D eigenvalue weighted by atomic mass is 10.1. The molecule has 24 heavy (non-hydrogen) atoms. The topological polar surface area (TPSA) is 96.4 Å². The molecule has 0 aliphatic carbocycles. The average Bonchev–Trinajstić information content (AvgIpc) is 3.20. The van der Waals surface area contributed by atoms with Crippen LogP contribution >= 0.6 is 0 Å². The van der Waals surface area contributed by atoms with Crippen molar-refractivity contribution in [3.63, 3.8) is 0 Å². The molecule has 1 amide bonds. The first-order valence-corrected chi connectivity index (χ1v) is 8.29. The van der Waals surface area contributed by atoms with Gasteiger partial charge in [0.05, 0.1) is 25.0 Å². The Morgan fingerprint density at radius 3 is 2.88 bits per heavy atom. The van der Waals surface area contributed by atoms with E-state index in [0.29, 0.717) is 11.4 Å². The fourth-order valence-corrected chi connectivity index (χ4v) is 2.99. The monoisotopic (exact) mass is 333 g/mol. The minimum atomic E-state index is -0.353. The van der Waals surface area contributed by atoms with Crippen molar-refractivity contribution < 1.29 is 14.4 Å². The number of aliphatic hydroxyl groups excluding tert-OH is 1. The zero-order valence-corrected chi connectivity index (χ0v) is 13.9. The summed E-state index contributed by atoms with van der Waals surface area (Å²) in [5.74, 6) is 0.0300. The van der Waals surface area contributed by atoms with E-state index in [1.54, 1.807) is 13.1 Å². The van der Waals surface area contributed by atoms with Crippen molar-refractivity contribution in [2.45, 2.75) is 39.3 Å². The van der Waals surface area contributed by atoms with Gasteiger partial charge in [-0.25, -0.2) is 0 Å². The predicted octanol–water partition coefficient (Wildman–Crippen LogP) is 1.41. The molecular weight excluding hydrogens is 310 g/mol. The number of carbonyl (C=O) groups is 1. The van der Waals surface area contributed by atoms with Crippen LogP contribution in [0.5, 0.6) is 0 Å². The van der Waals surface area contributed by atoms with Gasteiger partial charge in [0.25, 0.3) is 5.91 Å². The van der Waals surface area contributed by atoms with Gasteiger partial charge in [-0.1, -0.05) is 11.6 Å². The normalized spacial score (nSPS) is 15.6. The molecule has 2 N–H and O–H groups in total. The number of amides is 1. The van der Waals surface area contributed by atoms with Crippen molar-refractivity contribution in [2.24, 2.45) is 0 Å². The Kier molecular flexibility index (Phi) is 5.27. The highest BCUT2D eigenvalue weighted by molar-refractivity contribution is 6.05. The van der Waals surface area contributed by atoms with Crippen molar-refractivity contribution in [3.8, 4) is 0 Å². The van der Waals surface area contributed by atoms with Crippen LogP contribution in [0.25, 0.3) is 0 Å². The third-order valence-electron chi connectivity index (χ3n) is 4.30. The average molecular weight is 333 g/mol. The zero-order valence-electron chi connectivity index (χ0n) is 13.9. The van der Waals surface area contributed by atoms with E-state index in [1.165, 1.54) is 19.3 Å². The highest BCUT2D eigenvalue weighted by Gasteiger charge is 2.20. The Labute approximate surface area is 140 Å². The molecule has 1 aliphatic rings. The summed E-state index contributed by atoms with van der Waals surface area (Å²) >= 11 is 0. The molecule has 0 radical (unpaired) electrons. The SMILES string of the molecule is Cc1onc(CO)c1C(=O)Nc1cnn(CCN2CCCCC2)c1. The van der Waals surface area contributed by atoms with Gasteiger partial charge >= 0.3 is 0 Å². The maximum atomic E-state index is 12.3. The number of piperidine rings is 1. The standard InChI is InChI=1S/C16H23N5O3/c1-12-15(14(11-22)19-24-12)16(23)18-13-9-17-21(10-13)8-7-20-5-3-2-4-6-20/h9-10,22H,2-8,11H2,1H3,(H,18,23). The van der Waals surface area contributed by atoms with Crippen LogP contribution in [0.3, 0.4) is 0 Å². The van der Waals surface area contributed by atoms with Gasteiger partial charge in [0.15, 0.2) is 0 Å². The van der Waals surface area contributed by atoms with E-state index in [2.05, 4.69) is 20.5 Å². The summed E-state index contributed by atoms with van der Waals surface area (Å²) < 4.78 is 6.79. The van der Waals surface area contributed by atoms with E-state index < -0.39 is 0 Å². The molecular formula is C16H23N5O3. The maximum Gasteiger partial charge on any atom is 0.261 e. The summed E-state index contributed by atoms with van der Waals surface area (Å²) in [4.78, 5) is 14.8. The fourth-order valence-electron chi connectivity index (χ4n) is 2.99. The number of hydrogen-bond donors (Lipinski definition) is 2. The van der Waals surface area contributed by atoms with E-state index >= 15 is 0 Å². The summed E-state index contributed by atoms with van der Waals surface area (Å²) in [5, 5.41) is 20.0. The van der Waals surface area contributed by atoms with Crippen LogP contribution in [0.15, 0.2) is 16.9 Å². The van der Waals surface area contributed by atoms with Gasteiger partial charge in [-0.05, 0) is 32.9 Å². The van der Waals surface area contributed by atoms with Crippen LogP contribution in [0.4, 0.5) is 5.69 Å². The second-order valence-electron chi connectivity index (χ2n) is 6.07. The van der Waals surface area contributed by atoms with E-state index in [-0.39, 0.29) is 23.8 Å². The van der Waals surface area contributed by atoms with Crippen LogP contribution in [-0.4, -0.2) is 50.5 Å². The van der Waals surface area contributed by atoms with Crippen molar-refractivity contribution >= 4 is 11.6 Å². The lowest BCUT2D eigenvalue weighted by Crippen LogP contribution is -2.32. The number of anilines is 1. The largest absolute Gasteiger partial charge is 0.390 e. The molecule has 0 unspecified atom stereocenters. The molecule has 0 aromatic carbocycles. The van der Waals surface area contributed by atoms with E-state index in [1.807, 2.05) is 10.9 Å². The van der Waals surface area contributed by atoms with Gasteiger partial charge in [-0.15, -0.1) is 0 Å². The predicted molar refractivity (Wildman–Crippen MR) is 87.6 cm³/mol. The van der Waals surface area contributed by atoms with Gasteiger partial charge in [0, 0.05) is 12.7 Å². The minimum Gasteiger partial charge on any atom is -0.390 e. The van der Waals surface area contributed by atoms with Gasteiger partial charge < -0.3 is 19.8 Å². The third-order valence-corrected chi connectivity index (χ3v) is 4.30. The van der Waals surface area contributed by atoms with Crippen molar-refractivity contribution in [1.29, 1.82) is 0 Å². The third kappa shape index (κ3) is 3.82. The number of aromatic nitrogens is 3. The molecule has 0 atom stereocenters. The molecule has 1 aliphatic heterocycles. The van der Waals surface area contributed by atoms with Crippen molar-refractivity contribution in [1.82, 2.24) is 19.8 Å². The van der Waals surface area contributed by atoms with E-state index in [9.17, 15) is 9.90 Å². The number of nitrogens with one attached hydrogen (secondary N) is 1. The molecule has 0 saturated carbocycles. The molecule has 130 valence electrons. The first-order chi connectivity index (χ1) is 11.7. The fraction of sp³-hybridized carbons (Fsp3) is 0.562. The second kappa shape index (κ2) is 7.59. The molecule has 8 heteroatoms. The molecule has 0 bridgehead atoms. The quantitative estimate of drug-likeness (QED) is 0.830. The summed E-state index contributed by atoms with van der Waals surface area (Å²) in [5.41, 5.74) is 1.13. The van der Waals surface area contributed by atoms with Crippen molar-refractivity contribution in [2.75, 3.05) is 25.0 Å². The van der Waals surface area contributed by atoms with Gasteiger partial charge in [0.1, 0.15) is 17.0 Å². The number of aryl methyl sites for hydroxylation is 1. The van der Waals surface area contributed by atoms with Crippen molar-refractivity contribution in [3.05, 3.63) is 29.4 Å². The Hall–Kier alpha value is -2.19. The molecule has 3 rings (SSSR count). The highest BCUT2D eigenvalue weighted by atomic mass is 16.5. The zero-order chi connectivity index (χ0) is 16.9. The number of aliphatic hydroxyl groups is 1. The Bertz CT molecular complexity index is 688. The highest BCUT2D eigenvalue weighted by Crippen LogP contribution is 2.16. The molecule has 1 fully saturated rings. The molecule has 0 spiro atoms. The van der Waals surface area contributed by atoms with E-state index in [0.717, 1.165) is 26.2 Å². The van der Waals surface area contributed by atoms with Gasteiger partial charge in [0.2, 0.25) is 0 Å². The maximum absolute atomic E-state index is 12.3. The molecule has 2 aromatic rings. The van der Waals surface area contributed by atoms with Gasteiger partial charge in [-0.3, -0.25) is 9.48 Å². The van der Waals surface area contributed by atoms with Crippen LogP contribution in [0.2, 0.25) is 0 Å². The molecule has 8 nitrogen and oxygen atoms in total. The Morgan fingerprint density at radius 1 is 1.33 bits per heavy atom. The lowest BCUT2D eigenvalue weighted by molar-refractivity contribution is 0.102. The van der Waals surface area contributed by atoms with Crippen LogP contribution < -0.4 is 5.32 Å². The Balaban J connectivity index is 1.57. The smallest absolute Gasteiger partial charge is 0.261 e. The lowest BCUT2D eigenvalue weighted by Gasteiger charge is -2.26. The molecule has 3 heterocycles. The molecule has 1 saturated heterocycles. The van der Waals surface area contributed by atoms with Crippen LogP contribution in [0, 0.1) is 6.92 Å². The number of likely N-dealkylation sites (tertiary alicyclic amines) is 1. The van der Waals surface area contributed by atoms with E-state index in [4.69, 9.17) is 4.52 Å². The summed E-state index contributed by atoms with van der Waals surface area (Å²) in [6, 6.07) is 0. The summed E-state index contributed by atoms with van der Waals surface area (Å²) in [7, 11) is 0. The summed E-state index contributed by atoms with van der Waals surface area (Å²) in [6.45, 7) is 5.37. The molecule has 2 aromatic heterocycles. The number of rotatable bonds is 6. The second-order valence-corrected chi connectivity index (χ2v) is 6.07. The summed E-state index contributed by atoms with van der Waals surface area (Å²) in [6.07, 6.45) is 7.29. The number of carbonyl (C=O) groups excluding carboxylic acids is 1. The van der Waals surface area contributed by atoms with Gasteiger partial charge in [-0.2, -0.15) is 5.10 Å². The van der Waals surface area contributed by atoms with Crippen LogP contribution in [-0.2, 0) is 13.2 Å². The minimum absolute atomic E-state index is 0.238. The first-order valence-electron chi connectivity index (χ1n) is 8.29. The number of hydrogen-bond acceptors (Lipinski definition) is 6. The first kappa shape index (κ1) is 16.7. The van der Waals surface area contributed by atoms with Crippen LogP contribution in [0.1, 0.15) is 41.1 Å².